The van der Waals surface area contributed by atoms with Crippen molar-refractivity contribution in [3.05, 3.63) is 0 Å². The van der Waals surface area contributed by atoms with Gasteiger partial charge in [-0.25, -0.2) is 4.79 Å². The molecule has 2 unspecified atom stereocenters. The van der Waals surface area contributed by atoms with Crippen molar-refractivity contribution in [1.82, 2.24) is 10.6 Å². The van der Waals surface area contributed by atoms with Gasteiger partial charge in [-0.2, -0.15) is 0 Å². The van der Waals surface area contributed by atoms with Gasteiger partial charge < -0.3 is 25.2 Å². The summed E-state index contributed by atoms with van der Waals surface area (Å²) in [6.07, 6.45) is 3.13. The molecule has 0 bridgehead atoms. The molecule has 132 valence electrons. The van der Waals surface area contributed by atoms with Crippen molar-refractivity contribution in [3.8, 4) is 0 Å². The molecule has 0 aromatic carbocycles. The van der Waals surface area contributed by atoms with Gasteiger partial charge >= 0.3 is 6.09 Å². The zero-order valence-corrected chi connectivity index (χ0v) is 14.8. The lowest BCUT2D eigenvalue weighted by atomic mass is 10.1. The van der Waals surface area contributed by atoms with Crippen molar-refractivity contribution >= 4 is 6.09 Å². The predicted molar refractivity (Wildman–Crippen MR) is 88.1 cm³/mol. The second-order valence-corrected chi connectivity index (χ2v) is 6.66. The first-order chi connectivity index (χ1) is 10.3. The first-order valence-electron chi connectivity index (χ1n) is 8.11. The number of methoxy groups -OCH3 is 1. The Hall–Kier alpha value is -0.850. The van der Waals surface area contributed by atoms with E-state index in [0.717, 1.165) is 25.7 Å². The van der Waals surface area contributed by atoms with Gasteiger partial charge in [0.2, 0.25) is 0 Å². The lowest BCUT2D eigenvalue weighted by molar-refractivity contribution is 0.0526. The Balaban J connectivity index is 3.92. The van der Waals surface area contributed by atoms with Crippen molar-refractivity contribution in [3.63, 3.8) is 0 Å². The molecule has 6 heteroatoms. The standard InChI is InChI=1S/C16H34N2O4/c1-13(8-7-11-19)18-14(12-21-5)9-6-10-17-15(20)22-16(2,3)4/h13-14,18-19H,6-12H2,1-5H3,(H,17,20). The second kappa shape index (κ2) is 11.7. The normalized spacial score (nSPS) is 14.5. The Labute approximate surface area is 134 Å². The van der Waals surface area contributed by atoms with Crippen LogP contribution in [0.25, 0.3) is 0 Å². The zero-order valence-electron chi connectivity index (χ0n) is 14.8. The molecular weight excluding hydrogens is 284 g/mol. The molecule has 0 saturated heterocycles. The van der Waals surface area contributed by atoms with Crippen molar-refractivity contribution in [2.45, 2.75) is 71.1 Å². The van der Waals surface area contributed by atoms with E-state index in [0.29, 0.717) is 19.2 Å². The Morgan fingerprint density at radius 3 is 2.45 bits per heavy atom. The number of carbonyl (C=O) groups excluding carboxylic acids is 1. The number of aliphatic hydroxyl groups is 1. The molecule has 6 nitrogen and oxygen atoms in total. The average molecular weight is 318 g/mol. The van der Waals surface area contributed by atoms with Gasteiger partial charge in [-0.05, 0) is 53.4 Å². The fourth-order valence-electron chi connectivity index (χ4n) is 2.15. The van der Waals surface area contributed by atoms with Gasteiger partial charge in [0.05, 0.1) is 6.61 Å². The number of rotatable bonds is 11. The molecule has 0 aromatic rings. The van der Waals surface area contributed by atoms with Crippen LogP contribution in [-0.4, -0.2) is 55.8 Å². The van der Waals surface area contributed by atoms with Crippen LogP contribution in [-0.2, 0) is 9.47 Å². The smallest absolute Gasteiger partial charge is 0.407 e. The molecule has 0 radical (unpaired) electrons. The summed E-state index contributed by atoms with van der Waals surface area (Å²) in [5.74, 6) is 0. The number of carbonyl (C=O) groups is 1. The van der Waals surface area contributed by atoms with Gasteiger partial charge in [0.15, 0.2) is 0 Å². The van der Waals surface area contributed by atoms with Crippen LogP contribution in [0.3, 0.4) is 0 Å². The van der Waals surface area contributed by atoms with E-state index >= 15 is 0 Å². The second-order valence-electron chi connectivity index (χ2n) is 6.66. The topological polar surface area (TPSA) is 79.8 Å². The molecule has 22 heavy (non-hydrogen) atoms. The largest absolute Gasteiger partial charge is 0.444 e. The van der Waals surface area contributed by atoms with Gasteiger partial charge in [-0.3, -0.25) is 0 Å². The van der Waals surface area contributed by atoms with E-state index in [9.17, 15) is 4.79 Å². The summed E-state index contributed by atoms with van der Waals surface area (Å²) in [6.45, 7) is 9.09. The molecule has 0 aromatic heterocycles. The van der Waals surface area contributed by atoms with Crippen LogP contribution in [0.15, 0.2) is 0 Å². The van der Waals surface area contributed by atoms with Gasteiger partial charge in [-0.1, -0.05) is 0 Å². The quantitative estimate of drug-likeness (QED) is 0.508. The Morgan fingerprint density at radius 1 is 1.23 bits per heavy atom. The molecule has 0 heterocycles. The summed E-state index contributed by atoms with van der Waals surface area (Å²) in [6, 6.07) is 0.588. The number of alkyl carbamates (subject to hydrolysis) is 1. The SMILES string of the molecule is COCC(CCCNC(=O)OC(C)(C)C)NC(C)CCCO. The van der Waals surface area contributed by atoms with Crippen molar-refractivity contribution in [2.75, 3.05) is 26.9 Å². The van der Waals surface area contributed by atoms with Gasteiger partial charge in [0.25, 0.3) is 0 Å². The highest BCUT2D eigenvalue weighted by Gasteiger charge is 2.16. The molecule has 2 atom stereocenters. The van der Waals surface area contributed by atoms with Crippen molar-refractivity contribution in [1.29, 1.82) is 0 Å². The van der Waals surface area contributed by atoms with E-state index in [1.54, 1.807) is 7.11 Å². The fraction of sp³-hybridized carbons (Fsp3) is 0.938. The van der Waals surface area contributed by atoms with Crippen molar-refractivity contribution < 1.29 is 19.4 Å². The average Bonchev–Trinajstić information content (AvgIpc) is 2.39. The van der Waals surface area contributed by atoms with Crippen LogP contribution < -0.4 is 10.6 Å². The van der Waals surface area contributed by atoms with E-state index < -0.39 is 5.60 Å². The first kappa shape index (κ1) is 21.1. The van der Waals surface area contributed by atoms with Crippen LogP contribution in [0.5, 0.6) is 0 Å². The maximum atomic E-state index is 11.5. The lowest BCUT2D eigenvalue weighted by Crippen LogP contribution is -2.40. The number of hydrogen-bond acceptors (Lipinski definition) is 5. The third kappa shape index (κ3) is 12.9. The summed E-state index contributed by atoms with van der Waals surface area (Å²) >= 11 is 0. The van der Waals surface area contributed by atoms with Crippen LogP contribution >= 0.6 is 0 Å². The number of ether oxygens (including phenoxy) is 2. The molecule has 0 fully saturated rings. The Morgan fingerprint density at radius 2 is 1.91 bits per heavy atom. The number of aliphatic hydroxyl groups excluding tert-OH is 1. The van der Waals surface area contributed by atoms with E-state index in [1.165, 1.54) is 0 Å². The maximum absolute atomic E-state index is 11.5. The number of amides is 1. The third-order valence-electron chi connectivity index (χ3n) is 3.08. The molecule has 0 aliphatic rings. The summed E-state index contributed by atoms with van der Waals surface area (Å²) in [4.78, 5) is 11.5. The molecule has 0 spiro atoms. The minimum absolute atomic E-state index is 0.223. The van der Waals surface area contributed by atoms with Crippen molar-refractivity contribution in [2.24, 2.45) is 0 Å². The molecule has 0 saturated carbocycles. The van der Waals surface area contributed by atoms with Crippen LogP contribution in [0.1, 0.15) is 53.4 Å². The van der Waals surface area contributed by atoms with E-state index in [-0.39, 0.29) is 18.7 Å². The Kier molecular flexibility index (Phi) is 11.2. The summed E-state index contributed by atoms with van der Waals surface area (Å²) in [5, 5.41) is 15.1. The lowest BCUT2D eigenvalue weighted by Gasteiger charge is -2.23. The minimum Gasteiger partial charge on any atom is -0.444 e. The number of nitrogens with one attached hydrogen (secondary N) is 2. The molecule has 0 aliphatic heterocycles. The summed E-state index contributed by atoms with van der Waals surface area (Å²) in [5.41, 5.74) is -0.466. The van der Waals surface area contributed by atoms with Crippen LogP contribution in [0, 0.1) is 0 Å². The van der Waals surface area contributed by atoms with Gasteiger partial charge in [0.1, 0.15) is 5.60 Å². The first-order valence-corrected chi connectivity index (χ1v) is 8.11. The monoisotopic (exact) mass is 318 g/mol. The highest BCUT2D eigenvalue weighted by molar-refractivity contribution is 5.67. The fourth-order valence-corrected chi connectivity index (χ4v) is 2.15. The molecular formula is C16H34N2O4. The van der Waals surface area contributed by atoms with E-state index in [1.807, 2.05) is 20.8 Å². The Bertz CT molecular complexity index is 292. The maximum Gasteiger partial charge on any atom is 0.407 e. The highest BCUT2D eigenvalue weighted by atomic mass is 16.6. The predicted octanol–water partition coefficient (Wildman–Crippen LogP) is 2.06. The zero-order chi connectivity index (χ0) is 17.0. The molecule has 0 aliphatic carbocycles. The van der Waals surface area contributed by atoms with Gasteiger partial charge in [0, 0.05) is 32.3 Å². The van der Waals surface area contributed by atoms with Gasteiger partial charge in [-0.15, -0.1) is 0 Å². The molecule has 3 N–H and O–H groups in total. The highest BCUT2D eigenvalue weighted by Crippen LogP contribution is 2.07. The third-order valence-corrected chi connectivity index (χ3v) is 3.08. The van der Waals surface area contributed by atoms with Crippen LogP contribution in [0.4, 0.5) is 4.79 Å². The minimum atomic E-state index is -0.466. The van der Waals surface area contributed by atoms with Crippen LogP contribution in [0.2, 0.25) is 0 Å². The summed E-state index contributed by atoms with van der Waals surface area (Å²) in [7, 11) is 1.69. The van der Waals surface area contributed by atoms with E-state index in [4.69, 9.17) is 14.6 Å². The van der Waals surface area contributed by atoms with E-state index in [2.05, 4.69) is 17.6 Å². The molecule has 1 amide bonds. The molecule has 0 rings (SSSR count). The number of hydrogen-bond donors (Lipinski definition) is 3. The summed E-state index contributed by atoms with van der Waals surface area (Å²) < 4.78 is 10.4.